The molecule has 0 spiro atoms. The van der Waals surface area contributed by atoms with E-state index in [9.17, 15) is 9.18 Å². The van der Waals surface area contributed by atoms with Crippen LogP contribution in [-0.2, 0) is 0 Å². The van der Waals surface area contributed by atoms with Gasteiger partial charge in [0, 0.05) is 17.1 Å². The first-order valence-corrected chi connectivity index (χ1v) is 6.64. The van der Waals surface area contributed by atoms with Crippen molar-refractivity contribution in [2.45, 2.75) is 0 Å². The number of halogens is 2. The fraction of sp³-hybridized carbons (Fsp3) is 0.0625. The van der Waals surface area contributed by atoms with Crippen molar-refractivity contribution in [2.75, 3.05) is 7.11 Å². The maximum atomic E-state index is 14.0. The van der Waals surface area contributed by atoms with Gasteiger partial charge in [-0.2, -0.15) is 0 Å². The van der Waals surface area contributed by atoms with E-state index in [1.165, 1.54) is 25.4 Å². The Morgan fingerprint density at radius 3 is 2.76 bits per heavy atom. The summed E-state index contributed by atoms with van der Waals surface area (Å²) in [5.41, 5.74) is 0.926. The Hall–Kier alpha value is -2.33. The number of aromatic amines is 1. The molecule has 0 saturated carbocycles. The lowest BCUT2D eigenvalue weighted by Gasteiger charge is -2.08. The number of aromatic nitrogens is 1. The van der Waals surface area contributed by atoms with Crippen LogP contribution in [0.2, 0.25) is 5.02 Å². The third-order valence-electron chi connectivity index (χ3n) is 3.33. The predicted molar refractivity (Wildman–Crippen MR) is 79.7 cm³/mol. The van der Waals surface area contributed by atoms with Crippen LogP contribution in [0.4, 0.5) is 4.39 Å². The highest BCUT2D eigenvalue weighted by atomic mass is 35.5. The molecule has 3 nitrogen and oxygen atoms in total. The third kappa shape index (κ3) is 2.17. The van der Waals surface area contributed by atoms with E-state index in [0.717, 1.165) is 0 Å². The lowest BCUT2D eigenvalue weighted by Crippen LogP contribution is -2.06. The molecule has 5 heteroatoms. The number of benzene rings is 2. The second kappa shape index (κ2) is 5.22. The molecular formula is C16H11ClFNO2. The molecule has 0 atom stereocenters. The zero-order chi connectivity index (χ0) is 15.0. The Balaban J connectivity index is 2.20. The monoisotopic (exact) mass is 303 g/mol. The first-order valence-electron chi connectivity index (χ1n) is 6.26. The SMILES string of the molecule is COc1cccc(F)c1C(=O)c1c[nH]c2c(Cl)cccc12. The molecule has 2 aromatic carbocycles. The number of fused-ring (bicyclic) bond motifs is 1. The summed E-state index contributed by atoms with van der Waals surface area (Å²) in [4.78, 5) is 15.6. The highest BCUT2D eigenvalue weighted by Gasteiger charge is 2.22. The van der Waals surface area contributed by atoms with E-state index in [4.69, 9.17) is 16.3 Å². The molecule has 1 N–H and O–H groups in total. The van der Waals surface area contributed by atoms with E-state index >= 15 is 0 Å². The molecule has 0 unspecified atom stereocenters. The van der Waals surface area contributed by atoms with Crippen LogP contribution in [0.3, 0.4) is 0 Å². The number of H-pyrrole nitrogens is 1. The summed E-state index contributed by atoms with van der Waals surface area (Å²) in [7, 11) is 1.40. The van der Waals surface area contributed by atoms with Crippen molar-refractivity contribution < 1.29 is 13.9 Å². The van der Waals surface area contributed by atoms with Crippen molar-refractivity contribution in [3.63, 3.8) is 0 Å². The summed E-state index contributed by atoms with van der Waals surface area (Å²) in [5, 5.41) is 1.16. The third-order valence-corrected chi connectivity index (χ3v) is 3.65. The van der Waals surface area contributed by atoms with Gasteiger partial charge < -0.3 is 9.72 Å². The fourth-order valence-electron chi connectivity index (χ4n) is 2.33. The molecule has 0 aliphatic heterocycles. The maximum absolute atomic E-state index is 14.0. The molecule has 0 radical (unpaired) electrons. The Morgan fingerprint density at radius 1 is 1.24 bits per heavy atom. The van der Waals surface area contributed by atoms with Crippen LogP contribution < -0.4 is 4.74 Å². The molecule has 3 rings (SSSR count). The van der Waals surface area contributed by atoms with Crippen LogP contribution in [0.5, 0.6) is 5.75 Å². The van der Waals surface area contributed by atoms with Gasteiger partial charge in [-0.1, -0.05) is 29.8 Å². The van der Waals surface area contributed by atoms with Gasteiger partial charge in [0.15, 0.2) is 0 Å². The summed E-state index contributed by atoms with van der Waals surface area (Å²) in [6, 6.07) is 9.51. The van der Waals surface area contributed by atoms with E-state index in [1.807, 2.05) is 0 Å². The number of rotatable bonds is 3. The van der Waals surface area contributed by atoms with Gasteiger partial charge in [-0.3, -0.25) is 4.79 Å². The first-order chi connectivity index (χ1) is 10.1. The topological polar surface area (TPSA) is 42.1 Å². The number of ether oxygens (including phenoxy) is 1. The van der Waals surface area contributed by atoms with Gasteiger partial charge in [0.2, 0.25) is 5.78 Å². The van der Waals surface area contributed by atoms with E-state index in [-0.39, 0.29) is 11.3 Å². The van der Waals surface area contributed by atoms with Gasteiger partial charge in [0.1, 0.15) is 17.1 Å². The second-order valence-electron chi connectivity index (χ2n) is 4.51. The van der Waals surface area contributed by atoms with Crippen molar-refractivity contribution >= 4 is 28.3 Å². The van der Waals surface area contributed by atoms with E-state index < -0.39 is 11.6 Å². The zero-order valence-corrected chi connectivity index (χ0v) is 11.9. The van der Waals surface area contributed by atoms with Crippen molar-refractivity contribution in [3.05, 3.63) is 64.6 Å². The summed E-state index contributed by atoms with van der Waals surface area (Å²) in [6.45, 7) is 0. The number of carbonyl (C=O) groups is 1. The normalized spacial score (nSPS) is 10.8. The number of methoxy groups -OCH3 is 1. The van der Waals surface area contributed by atoms with Gasteiger partial charge >= 0.3 is 0 Å². The van der Waals surface area contributed by atoms with Gasteiger partial charge in [0.05, 0.1) is 17.6 Å². The highest BCUT2D eigenvalue weighted by Crippen LogP contribution is 2.30. The number of nitrogens with one attached hydrogen (secondary N) is 1. The largest absolute Gasteiger partial charge is 0.496 e. The number of hydrogen-bond acceptors (Lipinski definition) is 2. The van der Waals surface area contributed by atoms with Crippen LogP contribution in [0, 0.1) is 5.82 Å². The smallest absolute Gasteiger partial charge is 0.201 e. The number of ketones is 1. The molecule has 0 aliphatic carbocycles. The highest BCUT2D eigenvalue weighted by molar-refractivity contribution is 6.35. The summed E-state index contributed by atoms with van der Waals surface area (Å²) < 4.78 is 19.1. The number of para-hydroxylation sites is 1. The Morgan fingerprint density at radius 2 is 2.00 bits per heavy atom. The number of hydrogen-bond donors (Lipinski definition) is 1. The first kappa shape index (κ1) is 13.6. The van der Waals surface area contributed by atoms with E-state index in [0.29, 0.717) is 21.5 Å². The summed E-state index contributed by atoms with van der Waals surface area (Å²) in [6.07, 6.45) is 1.53. The fourth-order valence-corrected chi connectivity index (χ4v) is 2.56. The predicted octanol–water partition coefficient (Wildman–Crippen LogP) is 4.20. The Bertz CT molecular complexity index is 841. The lowest BCUT2D eigenvalue weighted by atomic mass is 10.0. The minimum absolute atomic E-state index is 0.0825. The molecular weight excluding hydrogens is 293 g/mol. The lowest BCUT2D eigenvalue weighted by molar-refractivity contribution is 0.103. The molecule has 0 amide bonds. The van der Waals surface area contributed by atoms with Gasteiger partial charge in [-0.05, 0) is 18.2 Å². The molecule has 3 aromatic rings. The average Bonchev–Trinajstić information content (AvgIpc) is 2.91. The molecule has 21 heavy (non-hydrogen) atoms. The van der Waals surface area contributed by atoms with Gasteiger partial charge in [0.25, 0.3) is 0 Å². The quantitative estimate of drug-likeness (QED) is 0.737. The van der Waals surface area contributed by atoms with Crippen LogP contribution in [0.1, 0.15) is 15.9 Å². The minimum Gasteiger partial charge on any atom is -0.496 e. The molecule has 1 heterocycles. The molecule has 1 aromatic heterocycles. The minimum atomic E-state index is -0.615. The average molecular weight is 304 g/mol. The van der Waals surface area contributed by atoms with Crippen LogP contribution in [-0.4, -0.2) is 17.9 Å². The van der Waals surface area contributed by atoms with Gasteiger partial charge in [-0.15, -0.1) is 0 Å². The van der Waals surface area contributed by atoms with Crippen LogP contribution in [0.25, 0.3) is 10.9 Å². The summed E-state index contributed by atoms with van der Waals surface area (Å²) in [5.74, 6) is -0.856. The molecule has 0 fully saturated rings. The Labute approximate surface area is 125 Å². The molecule has 0 saturated heterocycles. The standard InChI is InChI=1S/C16H11ClFNO2/c1-21-13-7-3-6-12(18)14(13)16(20)10-8-19-15-9(10)4-2-5-11(15)17/h2-8,19H,1H3. The van der Waals surface area contributed by atoms with E-state index in [1.54, 1.807) is 24.3 Å². The van der Waals surface area contributed by atoms with Crippen molar-refractivity contribution in [3.8, 4) is 5.75 Å². The Kier molecular flexibility index (Phi) is 3.39. The molecule has 106 valence electrons. The van der Waals surface area contributed by atoms with Crippen LogP contribution >= 0.6 is 11.6 Å². The van der Waals surface area contributed by atoms with Crippen molar-refractivity contribution in [1.29, 1.82) is 0 Å². The second-order valence-corrected chi connectivity index (χ2v) is 4.92. The van der Waals surface area contributed by atoms with Gasteiger partial charge in [-0.25, -0.2) is 4.39 Å². The maximum Gasteiger partial charge on any atom is 0.201 e. The number of carbonyl (C=O) groups excluding carboxylic acids is 1. The van der Waals surface area contributed by atoms with Crippen LogP contribution in [0.15, 0.2) is 42.6 Å². The van der Waals surface area contributed by atoms with E-state index in [2.05, 4.69) is 4.98 Å². The van der Waals surface area contributed by atoms with Crippen molar-refractivity contribution in [2.24, 2.45) is 0 Å². The summed E-state index contributed by atoms with van der Waals surface area (Å²) >= 11 is 6.07. The zero-order valence-electron chi connectivity index (χ0n) is 11.1. The van der Waals surface area contributed by atoms with Crippen molar-refractivity contribution in [1.82, 2.24) is 4.98 Å². The molecule has 0 aliphatic rings. The molecule has 0 bridgehead atoms.